The molecule has 2 fully saturated rings. The molecule has 2 aliphatic rings. The van der Waals surface area contributed by atoms with Crippen LogP contribution in [0.25, 0.3) is 0 Å². The molecule has 2 rings (SSSR count). The molecule has 92 valence electrons. The summed E-state index contributed by atoms with van der Waals surface area (Å²) >= 11 is 0. The molecule has 6 heteroatoms. The maximum absolute atomic E-state index is 11.1. The summed E-state index contributed by atoms with van der Waals surface area (Å²) in [5, 5.41) is 11.6. The third-order valence-electron chi connectivity index (χ3n) is 2.79. The maximum Gasteiger partial charge on any atom is 0.407 e. The van der Waals surface area contributed by atoms with Crippen molar-refractivity contribution in [2.75, 3.05) is 13.2 Å². The van der Waals surface area contributed by atoms with E-state index in [0.717, 1.165) is 0 Å². The molecule has 0 saturated carbocycles. The normalized spacial score (nSPS) is 37.2. The van der Waals surface area contributed by atoms with Crippen LogP contribution in [0, 0.1) is 0 Å². The van der Waals surface area contributed by atoms with Crippen LogP contribution >= 0.6 is 0 Å². The van der Waals surface area contributed by atoms with E-state index in [1.165, 1.54) is 0 Å². The van der Waals surface area contributed by atoms with Crippen LogP contribution in [-0.2, 0) is 14.2 Å². The molecule has 0 radical (unpaired) electrons. The van der Waals surface area contributed by atoms with Crippen molar-refractivity contribution >= 4 is 6.09 Å². The Balaban J connectivity index is 2.00. The second kappa shape index (κ2) is 4.20. The van der Waals surface area contributed by atoms with E-state index in [0.29, 0.717) is 13.0 Å². The number of carbonyl (C=O) groups excluding carboxylic acids is 1. The first-order valence-corrected chi connectivity index (χ1v) is 5.41. The van der Waals surface area contributed by atoms with Crippen LogP contribution < -0.4 is 5.32 Å². The summed E-state index contributed by atoms with van der Waals surface area (Å²) in [5.41, 5.74) is 0. The van der Waals surface area contributed by atoms with Gasteiger partial charge in [0, 0.05) is 13.0 Å². The number of amides is 1. The summed E-state index contributed by atoms with van der Waals surface area (Å²) in [6.07, 6.45) is -0.626. The second-order valence-electron chi connectivity index (χ2n) is 4.49. The number of nitrogens with one attached hydrogen (secondary N) is 1. The van der Waals surface area contributed by atoms with Gasteiger partial charge in [-0.1, -0.05) is 0 Å². The van der Waals surface area contributed by atoms with Gasteiger partial charge in [0.15, 0.2) is 5.79 Å². The molecule has 2 saturated heterocycles. The fourth-order valence-electron chi connectivity index (χ4n) is 2.06. The molecular weight excluding hydrogens is 214 g/mol. The third-order valence-corrected chi connectivity index (χ3v) is 2.79. The second-order valence-corrected chi connectivity index (χ2v) is 4.49. The van der Waals surface area contributed by atoms with Gasteiger partial charge in [0.2, 0.25) is 0 Å². The SMILES string of the molecule is CC1(C)OC[C@@H]([C@H]2NC(=O)O[C@@H]2CCO)O1. The number of alkyl carbamates (subject to hydrolysis) is 1. The highest BCUT2D eigenvalue weighted by Gasteiger charge is 2.45. The summed E-state index contributed by atoms with van der Waals surface area (Å²) in [6, 6.07) is -0.249. The van der Waals surface area contributed by atoms with Crippen LogP contribution in [0.15, 0.2) is 0 Å². The predicted molar refractivity (Wildman–Crippen MR) is 53.8 cm³/mol. The highest BCUT2D eigenvalue weighted by molar-refractivity contribution is 5.70. The topological polar surface area (TPSA) is 77.0 Å². The number of carbonyl (C=O) groups is 1. The van der Waals surface area contributed by atoms with Crippen molar-refractivity contribution in [3.63, 3.8) is 0 Å². The number of rotatable bonds is 3. The molecule has 2 aliphatic heterocycles. The molecule has 0 bridgehead atoms. The fourth-order valence-corrected chi connectivity index (χ4v) is 2.06. The lowest BCUT2D eigenvalue weighted by atomic mass is 10.0. The Morgan fingerprint density at radius 1 is 1.56 bits per heavy atom. The molecule has 0 aromatic rings. The van der Waals surface area contributed by atoms with E-state index in [1.54, 1.807) is 0 Å². The fraction of sp³-hybridized carbons (Fsp3) is 0.900. The minimum Gasteiger partial charge on any atom is -0.444 e. The molecule has 1 amide bonds. The van der Waals surface area contributed by atoms with Crippen molar-refractivity contribution in [2.45, 2.75) is 44.3 Å². The number of cyclic esters (lactones) is 1. The lowest BCUT2D eigenvalue weighted by Gasteiger charge is -2.23. The van der Waals surface area contributed by atoms with Gasteiger partial charge >= 0.3 is 6.09 Å². The molecule has 0 aromatic carbocycles. The summed E-state index contributed by atoms with van der Waals surface area (Å²) < 4.78 is 16.1. The molecule has 2 N–H and O–H groups in total. The maximum atomic E-state index is 11.1. The highest BCUT2D eigenvalue weighted by atomic mass is 16.7. The predicted octanol–water partition coefficient (Wildman–Crippen LogP) is -0.00270. The van der Waals surface area contributed by atoms with E-state index in [-0.39, 0.29) is 24.9 Å². The quantitative estimate of drug-likeness (QED) is 0.714. The van der Waals surface area contributed by atoms with Crippen LogP contribution in [0.3, 0.4) is 0 Å². The highest BCUT2D eigenvalue weighted by Crippen LogP contribution is 2.28. The average Bonchev–Trinajstić information content (AvgIpc) is 2.70. The third kappa shape index (κ3) is 2.28. The van der Waals surface area contributed by atoms with Crippen molar-refractivity contribution in [1.82, 2.24) is 5.32 Å². The van der Waals surface area contributed by atoms with Crippen LogP contribution in [-0.4, -0.2) is 48.5 Å². The summed E-state index contributed by atoms with van der Waals surface area (Å²) in [5.74, 6) is -0.623. The summed E-state index contributed by atoms with van der Waals surface area (Å²) in [7, 11) is 0. The van der Waals surface area contributed by atoms with Crippen molar-refractivity contribution in [3.05, 3.63) is 0 Å². The van der Waals surface area contributed by atoms with Crippen LogP contribution in [0.1, 0.15) is 20.3 Å². The number of aliphatic hydroxyl groups is 1. The minimum absolute atomic E-state index is 0.0207. The Hall–Kier alpha value is -0.850. The molecular formula is C10H17NO5. The first-order chi connectivity index (χ1) is 7.52. The van der Waals surface area contributed by atoms with Crippen molar-refractivity contribution in [3.8, 4) is 0 Å². The minimum atomic E-state index is -0.623. The van der Waals surface area contributed by atoms with Gasteiger partial charge in [0.05, 0.1) is 12.6 Å². The van der Waals surface area contributed by atoms with Crippen LogP contribution in [0.5, 0.6) is 0 Å². The van der Waals surface area contributed by atoms with Crippen molar-refractivity contribution in [1.29, 1.82) is 0 Å². The molecule has 0 aliphatic carbocycles. The lowest BCUT2D eigenvalue weighted by molar-refractivity contribution is -0.142. The van der Waals surface area contributed by atoms with Crippen molar-refractivity contribution in [2.24, 2.45) is 0 Å². The van der Waals surface area contributed by atoms with E-state index in [2.05, 4.69) is 5.32 Å². The van der Waals surface area contributed by atoms with E-state index in [4.69, 9.17) is 19.3 Å². The van der Waals surface area contributed by atoms with E-state index >= 15 is 0 Å². The molecule has 0 spiro atoms. The van der Waals surface area contributed by atoms with Gasteiger partial charge in [-0.15, -0.1) is 0 Å². The van der Waals surface area contributed by atoms with Gasteiger partial charge in [-0.25, -0.2) is 4.79 Å². The standard InChI is InChI=1S/C10H17NO5/c1-10(2)14-5-7(16-10)8-6(3-4-12)15-9(13)11-8/h6-8,12H,3-5H2,1-2H3,(H,11,13)/t6-,7+,8+/m1/s1. The average molecular weight is 231 g/mol. The first-order valence-electron chi connectivity index (χ1n) is 5.41. The Bertz CT molecular complexity index is 280. The summed E-state index contributed by atoms with van der Waals surface area (Å²) in [6.45, 7) is 4.05. The van der Waals surface area contributed by atoms with Gasteiger partial charge in [-0.2, -0.15) is 0 Å². The summed E-state index contributed by atoms with van der Waals surface area (Å²) in [4.78, 5) is 11.1. The number of aliphatic hydroxyl groups excluding tert-OH is 1. The van der Waals surface area contributed by atoms with Crippen LogP contribution in [0.4, 0.5) is 4.79 Å². The van der Waals surface area contributed by atoms with Gasteiger partial charge in [-0.3, -0.25) is 0 Å². The Morgan fingerprint density at radius 3 is 2.88 bits per heavy atom. The molecule has 0 unspecified atom stereocenters. The molecule has 6 nitrogen and oxygen atoms in total. The lowest BCUT2D eigenvalue weighted by Crippen LogP contribution is -2.44. The van der Waals surface area contributed by atoms with Crippen LogP contribution in [0.2, 0.25) is 0 Å². The zero-order valence-corrected chi connectivity index (χ0v) is 9.43. The Kier molecular flexibility index (Phi) is 3.05. The molecule has 0 aromatic heterocycles. The Morgan fingerprint density at radius 2 is 2.31 bits per heavy atom. The van der Waals surface area contributed by atoms with E-state index < -0.39 is 11.9 Å². The van der Waals surface area contributed by atoms with E-state index in [1.807, 2.05) is 13.8 Å². The van der Waals surface area contributed by atoms with Gasteiger partial charge in [0.1, 0.15) is 12.2 Å². The van der Waals surface area contributed by atoms with E-state index in [9.17, 15) is 4.79 Å². The molecule has 3 atom stereocenters. The number of hydrogen-bond acceptors (Lipinski definition) is 5. The monoisotopic (exact) mass is 231 g/mol. The smallest absolute Gasteiger partial charge is 0.407 e. The first kappa shape index (κ1) is 11.6. The van der Waals surface area contributed by atoms with Gasteiger partial charge in [0.25, 0.3) is 0 Å². The molecule has 2 heterocycles. The number of ether oxygens (including phenoxy) is 3. The largest absolute Gasteiger partial charge is 0.444 e. The van der Waals surface area contributed by atoms with Gasteiger partial charge in [-0.05, 0) is 13.8 Å². The zero-order valence-electron chi connectivity index (χ0n) is 9.43. The number of hydrogen-bond donors (Lipinski definition) is 2. The Labute approximate surface area is 93.9 Å². The zero-order chi connectivity index (χ0) is 11.8. The van der Waals surface area contributed by atoms with Gasteiger partial charge < -0.3 is 24.6 Å². The van der Waals surface area contributed by atoms with Crippen molar-refractivity contribution < 1.29 is 24.1 Å². The molecule has 16 heavy (non-hydrogen) atoms.